The summed E-state index contributed by atoms with van der Waals surface area (Å²) >= 11 is 5.35. The van der Waals surface area contributed by atoms with Crippen LogP contribution in [0.15, 0.2) is 34.8 Å². The highest BCUT2D eigenvalue weighted by Crippen LogP contribution is 2.33. The molecule has 0 fully saturated rings. The summed E-state index contributed by atoms with van der Waals surface area (Å²) in [4.78, 5) is 3.44. The highest BCUT2D eigenvalue weighted by Gasteiger charge is 2.24. The van der Waals surface area contributed by atoms with Crippen molar-refractivity contribution in [2.75, 3.05) is 6.26 Å². The minimum absolute atomic E-state index is 1.16. The first-order chi connectivity index (χ1) is 7.31. The molecule has 0 radical (unpaired) electrons. The van der Waals surface area contributed by atoms with Gasteiger partial charge in [-0.1, -0.05) is 39.8 Å². The van der Waals surface area contributed by atoms with Crippen LogP contribution in [-0.2, 0) is 0 Å². The molecule has 2 aromatic carbocycles. The number of hydrogen-bond donors (Lipinski definition) is 1. The number of halogens is 1. The Morgan fingerprint density at radius 3 is 2.87 bits per heavy atom. The van der Waals surface area contributed by atoms with Crippen molar-refractivity contribution in [3.8, 4) is 0 Å². The fraction of sp³-hybridized carbons (Fsp3) is 0.0833. The molecule has 0 atom stereocenters. The van der Waals surface area contributed by atoms with E-state index in [0.29, 0.717) is 0 Å². The lowest BCUT2D eigenvalue weighted by atomic mass is 10.1. The Balaban J connectivity index is 2.47. The molecule has 74 valence electrons. The van der Waals surface area contributed by atoms with E-state index in [-0.39, 0.29) is 0 Å². The summed E-state index contributed by atoms with van der Waals surface area (Å²) < 4.78 is 1.16. The van der Waals surface area contributed by atoms with Gasteiger partial charge in [0.15, 0.2) is 0 Å². The third kappa shape index (κ3) is 1.26. The predicted molar refractivity (Wildman–Crippen MR) is 69.9 cm³/mol. The summed E-state index contributed by atoms with van der Waals surface area (Å²) in [6.07, 6.45) is 2.10. The topological polar surface area (TPSA) is 14.0 Å². The summed E-state index contributed by atoms with van der Waals surface area (Å²) in [5.41, 5.74) is 2.53. The predicted octanol–water partition coefficient (Wildman–Crippen LogP) is 2.44. The first-order valence-electron chi connectivity index (χ1n) is 4.71. The molecule has 1 aliphatic heterocycles. The van der Waals surface area contributed by atoms with Crippen molar-refractivity contribution in [3.05, 3.63) is 40.4 Å². The van der Waals surface area contributed by atoms with E-state index in [1.54, 1.807) is 11.8 Å². The summed E-state index contributed by atoms with van der Waals surface area (Å²) in [7, 11) is 0. The zero-order valence-electron chi connectivity index (χ0n) is 8.17. The van der Waals surface area contributed by atoms with Crippen molar-refractivity contribution in [2.45, 2.75) is 0 Å². The molecular weight excluding hydrogens is 270 g/mol. The van der Waals surface area contributed by atoms with Crippen LogP contribution in [-0.4, -0.2) is 11.3 Å². The number of thioether (sulfide) groups is 1. The van der Waals surface area contributed by atoms with Crippen LogP contribution in [0.2, 0.25) is 0 Å². The molecule has 0 saturated heterocycles. The molecule has 15 heavy (non-hydrogen) atoms. The maximum Gasteiger partial charge on any atom is 0.246 e. The van der Waals surface area contributed by atoms with E-state index in [0.717, 1.165) is 4.47 Å². The van der Waals surface area contributed by atoms with Gasteiger partial charge in [-0.25, -0.2) is 0 Å². The van der Waals surface area contributed by atoms with Crippen LogP contribution in [0.4, 0.5) is 5.69 Å². The lowest BCUT2D eigenvalue weighted by molar-refractivity contribution is -0.344. The van der Waals surface area contributed by atoms with E-state index in [2.05, 4.69) is 57.5 Å². The average Bonchev–Trinajstić information content (AvgIpc) is 2.64. The molecule has 2 aromatic rings. The van der Waals surface area contributed by atoms with Crippen LogP contribution in [0.3, 0.4) is 0 Å². The molecule has 0 aromatic heterocycles. The van der Waals surface area contributed by atoms with E-state index in [9.17, 15) is 0 Å². The van der Waals surface area contributed by atoms with Crippen molar-refractivity contribution >= 4 is 49.2 Å². The Morgan fingerprint density at radius 2 is 2.07 bits per heavy atom. The number of hydrogen-bond acceptors (Lipinski definition) is 1. The van der Waals surface area contributed by atoms with Crippen LogP contribution in [0.1, 0.15) is 5.56 Å². The van der Waals surface area contributed by atoms with E-state index in [4.69, 9.17) is 0 Å². The molecule has 3 rings (SSSR count). The largest absolute Gasteiger partial charge is 0.246 e. The van der Waals surface area contributed by atoms with Crippen molar-refractivity contribution in [1.82, 2.24) is 0 Å². The Bertz CT molecular complexity index is 589. The van der Waals surface area contributed by atoms with Gasteiger partial charge in [-0.15, -0.1) is 0 Å². The van der Waals surface area contributed by atoms with Crippen LogP contribution in [0.5, 0.6) is 0 Å². The third-order valence-corrected chi connectivity index (χ3v) is 4.11. The molecule has 0 aliphatic carbocycles. The SMILES string of the molecule is CSC1=[NH+]c2ccc(Br)c3cccc1c23. The smallest absolute Gasteiger partial charge is 0.198 e. The summed E-state index contributed by atoms with van der Waals surface area (Å²) in [5, 5.41) is 3.85. The zero-order valence-corrected chi connectivity index (χ0v) is 10.6. The average molecular weight is 279 g/mol. The first kappa shape index (κ1) is 9.43. The fourth-order valence-corrected chi connectivity index (χ4v) is 3.08. The van der Waals surface area contributed by atoms with Crippen LogP contribution in [0.25, 0.3) is 10.8 Å². The molecule has 3 heteroatoms. The Kier molecular flexibility index (Phi) is 2.11. The second kappa shape index (κ2) is 3.35. The van der Waals surface area contributed by atoms with E-state index in [1.165, 1.54) is 27.1 Å². The Morgan fingerprint density at radius 1 is 1.20 bits per heavy atom. The highest BCUT2D eigenvalue weighted by atomic mass is 79.9. The molecule has 0 spiro atoms. The molecule has 0 bridgehead atoms. The lowest BCUT2D eigenvalue weighted by Gasteiger charge is -1.99. The van der Waals surface area contributed by atoms with Gasteiger partial charge < -0.3 is 0 Å². The minimum Gasteiger partial charge on any atom is -0.198 e. The van der Waals surface area contributed by atoms with Gasteiger partial charge in [0.25, 0.3) is 0 Å². The first-order valence-corrected chi connectivity index (χ1v) is 6.72. The van der Waals surface area contributed by atoms with E-state index < -0.39 is 0 Å². The van der Waals surface area contributed by atoms with Crippen molar-refractivity contribution < 1.29 is 4.99 Å². The van der Waals surface area contributed by atoms with E-state index >= 15 is 0 Å². The van der Waals surface area contributed by atoms with Gasteiger partial charge in [0.2, 0.25) is 10.7 Å². The molecule has 1 aliphatic rings. The normalized spacial score (nSPS) is 13.3. The van der Waals surface area contributed by atoms with Crippen molar-refractivity contribution in [1.29, 1.82) is 0 Å². The standard InChI is InChI=1S/C12H8BrNS/c1-15-12-8-4-2-3-7-9(13)5-6-10(14-12)11(7)8/h2-6H,1H3/p+1. The maximum absolute atomic E-state index is 3.59. The minimum atomic E-state index is 1.16. The quantitative estimate of drug-likeness (QED) is 0.782. The van der Waals surface area contributed by atoms with Gasteiger partial charge in [0.1, 0.15) is 0 Å². The Labute approximate surface area is 101 Å². The summed E-state index contributed by atoms with van der Waals surface area (Å²) in [6.45, 7) is 0. The van der Waals surface area contributed by atoms with Crippen molar-refractivity contribution in [2.24, 2.45) is 0 Å². The molecule has 0 saturated carbocycles. The molecule has 1 heterocycles. The molecular formula is C12H9BrNS+. The van der Waals surface area contributed by atoms with Gasteiger partial charge in [-0.3, -0.25) is 0 Å². The van der Waals surface area contributed by atoms with Gasteiger partial charge in [-0.2, -0.15) is 4.99 Å². The van der Waals surface area contributed by atoms with Crippen LogP contribution >= 0.6 is 27.7 Å². The number of benzene rings is 2. The molecule has 0 amide bonds. The molecule has 1 nitrogen and oxygen atoms in total. The fourth-order valence-electron chi connectivity index (χ4n) is 2.02. The van der Waals surface area contributed by atoms with E-state index in [1.807, 2.05) is 0 Å². The maximum atomic E-state index is 3.59. The van der Waals surface area contributed by atoms with Crippen LogP contribution in [0, 0.1) is 0 Å². The van der Waals surface area contributed by atoms with Gasteiger partial charge >= 0.3 is 0 Å². The van der Waals surface area contributed by atoms with Crippen LogP contribution < -0.4 is 4.99 Å². The summed E-state index contributed by atoms with van der Waals surface area (Å²) in [5.74, 6) is 0. The summed E-state index contributed by atoms with van der Waals surface area (Å²) in [6, 6.07) is 10.6. The second-order valence-corrected chi connectivity index (χ2v) is 5.15. The third-order valence-electron chi connectivity index (χ3n) is 2.68. The Hall–Kier alpha value is -0.800. The molecule has 1 N–H and O–H groups in total. The van der Waals surface area contributed by atoms with Gasteiger partial charge in [0.05, 0.1) is 10.9 Å². The molecule has 0 unspecified atom stereocenters. The number of rotatable bonds is 0. The zero-order chi connectivity index (χ0) is 10.4. The van der Waals surface area contributed by atoms with Crippen molar-refractivity contribution in [3.63, 3.8) is 0 Å². The number of nitrogens with one attached hydrogen (secondary N) is 1. The van der Waals surface area contributed by atoms with Gasteiger partial charge in [0, 0.05) is 15.9 Å². The lowest BCUT2D eigenvalue weighted by Crippen LogP contribution is -2.63. The van der Waals surface area contributed by atoms with Gasteiger partial charge in [-0.05, 0) is 18.4 Å². The highest BCUT2D eigenvalue weighted by molar-refractivity contribution is 9.10. The monoisotopic (exact) mass is 278 g/mol. The second-order valence-electron chi connectivity index (χ2n) is 3.48.